The first-order chi connectivity index (χ1) is 8.29. The lowest BCUT2D eigenvalue weighted by Gasteiger charge is -2.27. The number of benzene rings is 1. The summed E-state index contributed by atoms with van der Waals surface area (Å²) in [6.45, 7) is 2.32. The molecule has 1 saturated heterocycles. The second-order valence-corrected chi connectivity index (χ2v) is 4.10. The van der Waals surface area contributed by atoms with Crippen molar-refractivity contribution in [2.24, 2.45) is 0 Å². The largest absolute Gasteiger partial charge is 0.370 e. The van der Waals surface area contributed by atoms with Crippen LogP contribution in [0.3, 0.4) is 0 Å². The van der Waals surface area contributed by atoms with Crippen molar-refractivity contribution in [1.82, 2.24) is 5.32 Å². The van der Waals surface area contributed by atoms with Gasteiger partial charge >= 0.3 is 0 Å². The number of nitrogens with one attached hydrogen (secondary N) is 1. The summed E-state index contributed by atoms with van der Waals surface area (Å²) < 4.78 is 0. The van der Waals surface area contributed by atoms with Gasteiger partial charge < -0.3 is 10.2 Å². The molecule has 1 amide bonds. The number of nitrogens with zero attached hydrogens (tertiary/aromatic N) is 2. The van der Waals surface area contributed by atoms with Gasteiger partial charge in [0.1, 0.15) is 0 Å². The Morgan fingerprint density at radius 2 is 2.24 bits per heavy atom. The molecule has 1 aromatic carbocycles. The van der Waals surface area contributed by atoms with Crippen LogP contribution in [0, 0.1) is 11.3 Å². The lowest BCUT2D eigenvalue weighted by atomic mass is 10.1. The molecule has 0 saturated carbocycles. The highest BCUT2D eigenvalue weighted by Crippen LogP contribution is 2.16. The highest BCUT2D eigenvalue weighted by Gasteiger charge is 2.12. The molecule has 0 spiro atoms. The Labute approximate surface area is 101 Å². The van der Waals surface area contributed by atoms with Crippen LogP contribution in [-0.4, -0.2) is 25.5 Å². The van der Waals surface area contributed by atoms with E-state index in [-0.39, 0.29) is 5.91 Å². The molecule has 1 aromatic rings. The first kappa shape index (κ1) is 11.5. The van der Waals surface area contributed by atoms with Crippen LogP contribution in [0.1, 0.15) is 18.4 Å². The summed E-state index contributed by atoms with van der Waals surface area (Å²) in [6, 6.07) is 9.74. The van der Waals surface area contributed by atoms with Crippen molar-refractivity contribution in [3.63, 3.8) is 0 Å². The average Bonchev–Trinajstić information content (AvgIpc) is 2.34. The van der Waals surface area contributed by atoms with Crippen LogP contribution >= 0.6 is 0 Å². The summed E-state index contributed by atoms with van der Waals surface area (Å²) in [5, 5.41) is 11.7. The third-order valence-corrected chi connectivity index (χ3v) is 2.88. The molecule has 88 valence electrons. The van der Waals surface area contributed by atoms with Crippen molar-refractivity contribution in [3.05, 3.63) is 29.8 Å². The Morgan fingerprint density at radius 1 is 1.35 bits per heavy atom. The summed E-state index contributed by atoms with van der Waals surface area (Å²) >= 11 is 0. The fourth-order valence-electron chi connectivity index (χ4n) is 1.99. The SMILES string of the molecule is N#Cc1cccc(N2CCCC(=O)NCC2)c1. The quantitative estimate of drug-likeness (QED) is 0.789. The van der Waals surface area contributed by atoms with Crippen LogP contribution in [0.4, 0.5) is 5.69 Å². The van der Waals surface area contributed by atoms with Crippen molar-refractivity contribution in [2.45, 2.75) is 12.8 Å². The van der Waals surface area contributed by atoms with Gasteiger partial charge in [-0.25, -0.2) is 0 Å². The summed E-state index contributed by atoms with van der Waals surface area (Å²) in [4.78, 5) is 13.4. The van der Waals surface area contributed by atoms with Crippen molar-refractivity contribution in [3.8, 4) is 6.07 Å². The highest BCUT2D eigenvalue weighted by atomic mass is 16.1. The summed E-state index contributed by atoms with van der Waals surface area (Å²) in [5.74, 6) is 0.135. The topological polar surface area (TPSA) is 56.1 Å². The number of anilines is 1. The molecule has 1 N–H and O–H groups in total. The smallest absolute Gasteiger partial charge is 0.220 e. The molecular weight excluding hydrogens is 214 g/mol. The zero-order valence-electron chi connectivity index (χ0n) is 9.65. The number of carbonyl (C=O) groups excluding carboxylic acids is 1. The first-order valence-corrected chi connectivity index (χ1v) is 5.81. The minimum absolute atomic E-state index is 0.135. The van der Waals surface area contributed by atoms with E-state index in [1.54, 1.807) is 6.07 Å². The molecule has 17 heavy (non-hydrogen) atoms. The van der Waals surface area contributed by atoms with Gasteiger partial charge in [0.15, 0.2) is 0 Å². The van der Waals surface area contributed by atoms with Crippen molar-refractivity contribution in [1.29, 1.82) is 5.26 Å². The van der Waals surface area contributed by atoms with E-state index in [9.17, 15) is 4.79 Å². The summed E-state index contributed by atoms with van der Waals surface area (Å²) in [6.07, 6.45) is 1.43. The standard InChI is InChI=1S/C13H15N3O/c14-10-11-3-1-4-12(9-11)16-7-2-5-13(17)15-6-8-16/h1,3-4,9H,2,5-8H2,(H,15,17). The Kier molecular flexibility index (Phi) is 3.61. The Morgan fingerprint density at radius 3 is 3.06 bits per heavy atom. The summed E-state index contributed by atoms with van der Waals surface area (Å²) in [5.41, 5.74) is 1.73. The van der Waals surface area contributed by atoms with E-state index >= 15 is 0 Å². The minimum atomic E-state index is 0.135. The van der Waals surface area contributed by atoms with E-state index in [1.165, 1.54) is 0 Å². The summed E-state index contributed by atoms with van der Waals surface area (Å²) in [7, 11) is 0. The molecule has 1 aliphatic heterocycles. The van der Waals surface area contributed by atoms with Crippen LogP contribution in [0.25, 0.3) is 0 Å². The van der Waals surface area contributed by atoms with Crippen LogP contribution in [-0.2, 0) is 4.79 Å². The lowest BCUT2D eigenvalue weighted by Crippen LogP contribution is -2.38. The monoisotopic (exact) mass is 229 g/mol. The van der Waals surface area contributed by atoms with Crippen molar-refractivity contribution < 1.29 is 4.79 Å². The van der Waals surface area contributed by atoms with E-state index in [1.807, 2.05) is 18.2 Å². The van der Waals surface area contributed by atoms with Gasteiger partial charge in [-0.15, -0.1) is 0 Å². The highest BCUT2D eigenvalue weighted by molar-refractivity contribution is 5.76. The third kappa shape index (κ3) is 2.97. The molecule has 4 nitrogen and oxygen atoms in total. The van der Waals surface area contributed by atoms with E-state index in [0.717, 1.165) is 25.2 Å². The maximum atomic E-state index is 11.2. The van der Waals surface area contributed by atoms with E-state index < -0.39 is 0 Å². The average molecular weight is 229 g/mol. The van der Waals surface area contributed by atoms with E-state index in [0.29, 0.717) is 18.5 Å². The third-order valence-electron chi connectivity index (χ3n) is 2.88. The molecule has 0 aliphatic carbocycles. The van der Waals surface area contributed by atoms with Gasteiger partial charge in [-0.2, -0.15) is 5.26 Å². The molecule has 1 aliphatic rings. The van der Waals surface area contributed by atoms with Gasteiger partial charge in [0.2, 0.25) is 5.91 Å². The Bertz CT molecular complexity index is 438. The second kappa shape index (κ2) is 5.35. The number of amides is 1. The minimum Gasteiger partial charge on any atom is -0.370 e. The Balaban J connectivity index is 2.10. The van der Waals surface area contributed by atoms with Crippen LogP contribution < -0.4 is 10.2 Å². The first-order valence-electron chi connectivity index (χ1n) is 5.81. The number of nitriles is 1. The second-order valence-electron chi connectivity index (χ2n) is 4.10. The molecular formula is C13H15N3O. The van der Waals surface area contributed by atoms with Gasteiger partial charge in [0.05, 0.1) is 11.6 Å². The molecule has 2 rings (SSSR count). The number of carbonyl (C=O) groups is 1. The number of rotatable bonds is 1. The molecule has 0 aromatic heterocycles. The zero-order valence-corrected chi connectivity index (χ0v) is 9.65. The van der Waals surface area contributed by atoms with E-state index in [4.69, 9.17) is 5.26 Å². The van der Waals surface area contributed by atoms with Crippen LogP contribution in [0.5, 0.6) is 0 Å². The van der Waals surface area contributed by atoms with Crippen molar-refractivity contribution in [2.75, 3.05) is 24.5 Å². The van der Waals surface area contributed by atoms with E-state index in [2.05, 4.69) is 16.3 Å². The predicted molar refractivity (Wildman–Crippen MR) is 65.6 cm³/mol. The normalized spacial score (nSPS) is 16.6. The van der Waals surface area contributed by atoms with Gasteiger partial charge in [-0.05, 0) is 24.6 Å². The lowest BCUT2D eigenvalue weighted by molar-refractivity contribution is -0.121. The van der Waals surface area contributed by atoms with Gasteiger partial charge in [-0.1, -0.05) is 6.07 Å². The van der Waals surface area contributed by atoms with Gasteiger partial charge in [0.25, 0.3) is 0 Å². The maximum absolute atomic E-state index is 11.2. The molecule has 1 fully saturated rings. The van der Waals surface area contributed by atoms with Gasteiger partial charge in [0, 0.05) is 31.7 Å². The van der Waals surface area contributed by atoms with Crippen LogP contribution in [0.15, 0.2) is 24.3 Å². The molecule has 0 bridgehead atoms. The predicted octanol–water partition coefficient (Wildman–Crippen LogP) is 1.27. The molecule has 4 heteroatoms. The number of hydrogen-bond donors (Lipinski definition) is 1. The zero-order chi connectivity index (χ0) is 12.1. The molecule has 0 atom stereocenters. The Hall–Kier alpha value is -2.02. The number of hydrogen-bond acceptors (Lipinski definition) is 3. The molecule has 1 heterocycles. The van der Waals surface area contributed by atoms with Gasteiger partial charge in [-0.3, -0.25) is 4.79 Å². The fraction of sp³-hybridized carbons (Fsp3) is 0.385. The fourth-order valence-corrected chi connectivity index (χ4v) is 1.99. The van der Waals surface area contributed by atoms with Crippen LogP contribution in [0.2, 0.25) is 0 Å². The van der Waals surface area contributed by atoms with Crippen molar-refractivity contribution >= 4 is 11.6 Å². The maximum Gasteiger partial charge on any atom is 0.220 e. The molecule has 0 radical (unpaired) electrons. The molecule has 0 unspecified atom stereocenters.